The van der Waals surface area contributed by atoms with Crippen molar-refractivity contribution < 1.29 is 9.53 Å². The molecule has 1 saturated carbocycles. The number of hydrogen-bond donors (Lipinski definition) is 1. The largest absolute Gasteiger partial charge is 0.404 e. The van der Waals surface area contributed by atoms with Crippen LogP contribution in [0.2, 0.25) is 23.7 Å². The van der Waals surface area contributed by atoms with Crippen LogP contribution in [0, 0.1) is 16.7 Å². The number of benzene rings is 4. The van der Waals surface area contributed by atoms with Gasteiger partial charge in [0.15, 0.2) is 0 Å². The van der Waals surface area contributed by atoms with Crippen LogP contribution in [-0.2, 0) is 11.0 Å². The summed E-state index contributed by atoms with van der Waals surface area (Å²) in [6.45, 7) is 21.7. The Hall–Kier alpha value is -3.07. The maximum atomic E-state index is 13.6. The highest BCUT2D eigenvalue weighted by Crippen LogP contribution is 2.65. The number of aliphatic hydroxyl groups is 1. The van der Waals surface area contributed by atoms with Gasteiger partial charge < -0.3 is 9.53 Å². The molecule has 7 atom stereocenters. The van der Waals surface area contributed by atoms with Crippen molar-refractivity contribution in [3.05, 3.63) is 139 Å². The predicted molar refractivity (Wildman–Crippen MR) is 228 cm³/mol. The van der Waals surface area contributed by atoms with Gasteiger partial charge in [0.05, 0.1) is 13.7 Å². The van der Waals surface area contributed by atoms with Crippen LogP contribution < -0.4 is 15.6 Å². The van der Waals surface area contributed by atoms with Crippen LogP contribution in [0.3, 0.4) is 0 Å². The molecule has 280 valence electrons. The van der Waals surface area contributed by atoms with Gasteiger partial charge in [-0.3, -0.25) is 4.90 Å². The number of allylic oxidation sites excluding steroid dienone is 1. The summed E-state index contributed by atoms with van der Waals surface area (Å²) in [6.07, 6.45) is 8.40. The molecule has 3 aliphatic rings. The lowest BCUT2D eigenvalue weighted by Crippen LogP contribution is -2.69. The van der Waals surface area contributed by atoms with E-state index >= 15 is 0 Å². The van der Waals surface area contributed by atoms with Crippen molar-refractivity contribution in [2.75, 3.05) is 6.54 Å². The van der Waals surface area contributed by atoms with Crippen molar-refractivity contribution in [3.8, 4) is 0 Å². The minimum atomic E-state index is -2.89. The Balaban J connectivity index is 1.44. The molecule has 0 spiro atoms. The summed E-state index contributed by atoms with van der Waals surface area (Å²) in [6, 6.07) is 44.9. The molecule has 1 N–H and O–H groups in total. The average molecular weight is 742 g/mol. The second-order valence-electron chi connectivity index (χ2n) is 18.8. The first-order chi connectivity index (χ1) is 25.2. The van der Waals surface area contributed by atoms with E-state index in [4.69, 9.17) is 4.43 Å². The fourth-order valence-corrected chi connectivity index (χ4v) is 20.5. The Labute approximate surface area is 322 Å². The van der Waals surface area contributed by atoms with E-state index < -0.39 is 22.0 Å². The molecule has 3 nitrogen and oxygen atoms in total. The van der Waals surface area contributed by atoms with Crippen molar-refractivity contribution in [1.29, 1.82) is 0 Å². The first-order valence-corrected chi connectivity index (χ1v) is 25.2. The Morgan fingerprint density at radius 2 is 1.28 bits per heavy atom. The lowest BCUT2D eigenvalue weighted by atomic mass is 9.62. The molecule has 5 heteroatoms. The normalized spacial score (nSPS) is 29.9. The number of likely N-dealkylation sites (tertiary alicyclic amines) is 1. The van der Waals surface area contributed by atoms with Crippen molar-refractivity contribution in [2.24, 2.45) is 16.7 Å². The van der Waals surface area contributed by atoms with Crippen LogP contribution >= 0.6 is 0 Å². The van der Waals surface area contributed by atoms with E-state index in [0.717, 1.165) is 38.8 Å². The summed E-state index contributed by atoms with van der Waals surface area (Å²) in [5, 5.41) is 17.5. The second kappa shape index (κ2) is 14.2. The zero-order chi connectivity index (χ0) is 37.7. The molecule has 0 amide bonds. The molecule has 4 aromatic rings. The highest BCUT2D eigenvalue weighted by molar-refractivity contribution is 6.99. The summed E-state index contributed by atoms with van der Waals surface area (Å²) >= 11 is 0. The lowest BCUT2D eigenvalue weighted by molar-refractivity contribution is -0.0737. The standard InChI is InChI=1S/C48H63NO2Si2/c1-37(51-53(45(2,3)4,41-28-17-11-18-29-41)42-30-19-12-20-31-42)46(5)33-43-47(6)39(36-49(43)35-38-23-13-9-14-24-38)25-21-22-32-48(47,50)34-44(46)52(7,8)40-26-15-10-16-27-40/h9-20,22-24,26-32,37,39,43-44,50H,21,25,33-36H2,1-8H3/t37-,39-,43-,44+,46-,47-,48+/m1/s1. The van der Waals surface area contributed by atoms with Gasteiger partial charge in [-0.2, -0.15) is 0 Å². The van der Waals surface area contributed by atoms with E-state index in [2.05, 4.69) is 193 Å². The van der Waals surface area contributed by atoms with Crippen LogP contribution in [-0.4, -0.2) is 50.7 Å². The van der Waals surface area contributed by atoms with Crippen molar-refractivity contribution >= 4 is 32.0 Å². The zero-order valence-electron chi connectivity index (χ0n) is 33.6. The molecule has 0 bridgehead atoms. The van der Waals surface area contributed by atoms with Gasteiger partial charge in [0.25, 0.3) is 8.32 Å². The van der Waals surface area contributed by atoms with E-state index in [0.29, 0.717) is 5.92 Å². The topological polar surface area (TPSA) is 32.7 Å². The second-order valence-corrected chi connectivity index (χ2v) is 27.8. The minimum absolute atomic E-state index is 0.0783. The fourth-order valence-electron chi connectivity index (χ4n) is 11.5. The number of hydrogen-bond acceptors (Lipinski definition) is 3. The Morgan fingerprint density at radius 3 is 1.81 bits per heavy atom. The molecular weight excluding hydrogens is 679 g/mol. The van der Waals surface area contributed by atoms with Gasteiger partial charge in [-0.1, -0.05) is 186 Å². The summed E-state index contributed by atoms with van der Waals surface area (Å²) in [5.41, 5.74) is 0.141. The molecule has 4 aromatic carbocycles. The van der Waals surface area contributed by atoms with E-state index in [9.17, 15) is 5.11 Å². The average Bonchev–Trinajstić information content (AvgIpc) is 3.29. The summed E-state index contributed by atoms with van der Waals surface area (Å²) < 4.78 is 8.18. The molecule has 1 heterocycles. The fraction of sp³-hybridized carbons (Fsp3) is 0.458. The monoisotopic (exact) mass is 741 g/mol. The molecule has 2 aliphatic carbocycles. The minimum Gasteiger partial charge on any atom is -0.404 e. The zero-order valence-corrected chi connectivity index (χ0v) is 35.6. The first-order valence-electron chi connectivity index (χ1n) is 20.2. The van der Waals surface area contributed by atoms with Crippen LogP contribution in [0.1, 0.15) is 72.8 Å². The quantitative estimate of drug-likeness (QED) is 0.137. The van der Waals surface area contributed by atoms with Crippen LogP contribution in [0.25, 0.3) is 0 Å². The third-order valence-electron chi connectivity index (χ3n) is 14.7. The molecule has 53 heavy (non-hydrogen) atoms. The maximum absolute atomic E-state index is 13.6. The summed E-state index contributed by atoms with van der Waals surface area (Å²) in [4.78, 5) is 2.78. The van der Waals surface area contributed by atoms with Gasteiger partial charge in [-0.05, 0) is 70.5 Å². The molecule has 2 fully saturated rings. The third-order valence-corrected chi connectivity index (χ3v) is 24.2. The highest BCUT2D eigenvalue weighted by atomic mass is 28.4. The van der Waals surface area contributed by atoms with E-state index in [-0.39, 0.29) is 33.6 Å². The molecule has 0 aromatic heterocycles. The molecule has 1 aliphatic heterocycles. The molecule has 1 saturated heterocycles. The van der Waals surface area contributed by atoms with E-state index in [1.807, 2.05) is 0 Å². The van der Waals surface area contributed by atoms with Crippen molar-refractivity contribution in [3.63, 3.8) is 0 Å². The van der Waals surface area contributed by atoms with Gasteiger partial charge in [0.2, 0.25) is 0 Å². The van der Waals surface area contributed by atoms with Crippen molar-refractivity contribution in [1.82, 2.24) is 4.90 Å². The summed E-state index contributed by atoms with van der Waals surface area (Å²) in [5.74, 6) is 0.411. The van der Waals surface area contributed by atoms with Crippen LogP contribution in [0.4, 0.5) is 0 Å². The predicted octanol–water partition coefficient (Wildman–Crippen LogP) is 9.33. The maximum Gasteiger partial charge on any atom is 0.261 e. The third kappa shape index (κ3) is 6.38. The van der Waals surface area contributed by atoms with Crippen LogP contribution in [0.5, 0.6) is 0 Å². The lowest BCUT2D eigenvalue weighted by Gasteiger charge is -2.53. The molecule has 0 unspecified atom stereocenters. The van der Waals surface area contributed by atoms with Gasteiger partial charge in [0, 0.05) is 30.7 Å². The van der Waals surface area contributed by atoms with Gasteiger partial charge in [-0.15, -0.1) is 0 Å². The van der Waals surface area contributed by atoms with Gasteiger partial charge in [-0.25, -0.2) is 0 Å². The number of nitrogens with zero attached hydrogens (tertiary/aromatic N) is 1. The molecule has 7 rings (SSSR count). The highest BCUT2D eigenvalue weighted by Gasteiger charge is 2.68. The van der Waals surface area contributed by atoms with E-state index in [1.54, 1.807) is 0 Å². The molecule has 0 radical (unpaired) electrons. The van der Waals surface area contributed by atoms with Gasteiger partial charge in [0.1, 0.15) is 0 Å². The first kappa shape index (κ1) is 38.2. The smallest absolute Gasteiger partial charge is 0.261 e. The Morgan fingerprint density at radius 1 is 0.774 bits per heavy atom. The molecular formula is C48H63NO2Si2. The number of rotatable bonds is 9. The Kier molecular flexibility index (Phi) is 10.3. The SMILES string of the molecule is C[C@@H](O[Si](c1ccccc1)(c1ccccc1)C(C)(C)C)[C@@]1(C)C[C@H]2N(Cc3ccccc3)C[C@H]3CCC=C[C@](O)(C[C@@H]1[Si](C)(C)c1ccccc1)[C@]32C. The summed E-state index contributed by atoms with van der Waals surface area (Å²) in [7, 11) is -5.15. The van der Waals surface area contributed by atoms with Crippen LogP contribution in [0.15, 0.2) is 133 Å². The Bertz CT molecular complexity index is 1820. The van der Waals surface area contributed by atoms with Crippen molar-refractivity contribution in [2.45, 2.75) is 115 Å². The van der Waals surface area contributed by atoms with Gasteiger partial charge >= 0.3 is 0 Å². The van der Waals surface area contributed by atoms with E-state index in [1.165, 1.54) is 21.1 Å².